The number of nitrogen functional groups attached to an aromatic ring is 2. The molecule has 3 heterocycles. The summed E-state index contributed by atoms with van der Waals surface area (Å²) in [5.74, 6) is -0.394. The molecule has 1 fully saturated rings. The SMILES string of the molecule is CO[C@@H]1[C@H](Cc2ccc3cc(Br)c(N)nc3c2)CC[C@]1(O)[C@@H](O)n1cc(F)c2c(N)ncnc21. The van der Waals surface area contributed by atoms with E-state index in [1.165, 1.54) is 18.0 Å². The van der Waals surface area contributed by atoms with Crippen molar-refractivity contribution in [3.8, 4) is 0 Å². The molecule has 1 saturated carbocycles. The molecule has 5 rings (SSSR count). The second kappa shape index (κ2) is 8.42. The van der Waals surface area contributed by atoms with Crippen LogP contribution in [0.2, 0.25) is 0 Å². The van der Waals surface area contributed by atoms with Gasteiger partial charge in [0.05, 0.1) is 21.5 Å². The zero-order valence-corrected chi connectivity index (χ0v) is 19.9. The molecule has 0 spiro atoms. The number of aliphatic hydroxyl groups excluding tert-OH is 1. The van der Waals surface area contributed by atoms with Crippen molar-refractivity contribution in [2.75, 3.05) is 18.6 Å². The lowest BCUT2D eigenvalue weighted by atomic mass is 9.90. The van der Waals surface area contributed by atoms with Gasteiger partial charge in [-0.3, -0.25) is 0 Å². The summed E-state index contributed by atoms with van der Waals surface area (Å²) in [7, 11) is 1.50. The number of anilines is 2. The molecule has 4 aromatic rings. The first-order chi connectivity index (χ1) is 16.2. The van der Waals surface area contributed by atoms with Crippen LogP contribution in [-0.2, 0) is 11.2 Å². The Bertz CT molecular complexity index is 1400. The first-order valence-electron chi connectivity index (χ1n) is 10.8. The van der Waals surface area contributed by atoms with Crippen molar-refractivity contribution in [2.45, 2.75) is 37.2 Å². The van der Waals surface area contributed by atoms with Crippen molar-refractivity contribution in [3.63, 3.8) is 0 Å². The molecule has 0 bridgehead atoms. The molecule has 4 atom stereocenters. The third-order valence-electron chi connectivity index (χ3n) is 6.75. The Balaban J connectivity index is 1.44. The van der Waals surface area contributed by atoms with Crippen LogP contribution in [0.15, 0.2) is 41.3 Å². The molecule has 34 heavy (non-hydrogen) atoms. The van der Waals surface area contributed by atoms with Gasteiger partial charge in [0.1, 0.15) is 23.6 Å². The number of pyridine rings is 1. The summed E-state index contributed by atoms with van der Waals surface area (Å²) in [5.41, 5.74) is 11.9. The van der Waals surface area contributed by atoms with Crippen LogP contribution in [-0.4, -0.2) is 48.5 Å². The van der Waals surface area contributed by atoms with Gasteiger partial charge in [0.25, 0.3) is 0 Å². The Labute approximate surface area is 202 Å². The lowest BCUT2D eigenvalue weighted by Crippen LogP contribution is -2.49. The van der Waals surface area contributed by atoms with Gasteiger partial charge in [0.2, 0.25) is 0 Å². The lowest BCUT2D eigenvalue weighted by Gasteiger charge is -2.36. The van der Waals surface area contributed by atoms with E-state index >= 15 is 0 Å². The van der Waals surface area contributed by atoms with Gasteiger partial charge in [-0.05, 0) is 58.8 Å². The second-order valence-electron chi connectivity index (χ2n) is 8.75. The molecular formula is C23H24BrFN6O3. The predicted molar refractivity (Wildman–Crippen MR) is 129 cm³/mol. The third-order valence-corrected chi connectivity index (χ3v) is 7.39. The summed E-state index contributed by atoms with van der Waals surface area (Å²) >= 11 is 3.39. The summed E-state index contributed by atoms with van der Waals surface area (Å²) in [4.78, 5) is 12.3. The van der Waals surface area contributed by atoms with Gasteiger partial charge in [0.15, 0.2) is 17.7 Å². The maximum atomic E-state index is 14.5. The van der Waals surface area contributed by atoms with Crippen molar-refractivity contribution >= 4 is 49.5 Å². The molecule has 178 valence electrons. The van der Waals surface area contributed by atoms with Crippen molar-refractivity contribution in [1.82, 2.24) is 19.5 Å². The number of ether oxygens (including phenoxy) is 1. The molecule has 1 aliphatic rings. The van der Waals surface area contributed by atoms with Crippen LogP contribution in [0.5, 0.6) is 0 Å². The van der Waals surface area contributed by atoms with Gasteiger partial charge in [-0.25, -0.2) is 19.3 Å². The number of fused-ring (bicyclic) bond motifs is 2. The highest BCUT2D eigenvalue weighted by molar-refractivity contribution is 9.10. The number of methoxy groups -OCH3 is 1. The molecule has 6 N–H and O–H groups in total. The van der Waals surface area contributed by atoms with E-state index in [2.05, 4.69) is 30.9 Å². The highest BCUT2D eigenvalue weighted by atomic mass is 79.9. The fourth-order valence-electron chi connectivity index (χ4n) is 5.12. The van der Waals surface area contributed by atoms with Crippen molar-refractivity contribution in [1.29, 1.82) is 0 Å². The van der Waals surface area contributed by atoms with Crippen LogP contribution in [0, 0.1) is 11.7 Å². The highest BCUT2D eigenvalue weighted by Gasteiger charge is 2.53. The molecule has 0 unspecified atom stereocenters. The smallest absolute Gasteiger partial charge is 0.163 e. The fraction of sp³-hybridized carbons (Fsp3) is 0.348. The molecule has 1 aromatic carbocycles. The second-order valence-corrected chi connectivity index (χ2v) is 9.60. The lowest BCUT2D eigenvalue weighted by molar-refractivity contribution is -0.174. The average Bonchev–Trinajstić information content (AvgIpc) is 3.32. The van der Waals surface area contributed by atoms with E-state index in [-0.39, 0.29) is 29.2 Å². The summed E-state index contributed by atoms with van der Waals surface area (Å²) < 4.78 is 22.2. The van der Waals surface area contributed by atoms with Crippen molar-refractivity contribution < 1.29 is 19.3 Å². The zero-order chi connectivity index (χ0) is 24.2. The maximum absolute atomic E-state index is 14.5. The van der Waals surface area contributed by atoms with Gasteiger partial charge in [-0.15, -0.1) is 0 Å². The number of nitrogens with two attached hydrogens (primary N) is 2. The predicted octanol–water partition coefficient (Wildman–Crippen LogP) is 2.94. The Hall–Kier alpha value is -2.86. The van der Waals surface area contributed by atoms with Gasteiger partial charge in [-0.2, -0.15) is 0 Å². The van der Waals surface area contributed by atoms with E-state index in [0.717, 1.165) is 27.1 Å². The Morgan fingerprint density at radius 3 is 2.85 bits per heavy atom. The van der Waals surface area contributed by atoms with Gasteiger partial charge in [-0.1, -0.05) is 12.1 Å². The number of hydrogen-bond acceptors (Lipinski definition) is 8. The van der Waals surface area contributed by atoms with Crippen LogP contribution in [0.3, 0.4) is 0 Å². The van der Waals surface area contributed by atoms with Crippen molar-refractivity contribution in [3.05, 3.63) is 52.6 Å². The van der Waals surface area contributed by atoms with Crippen LogP contribution < -0.4 is 11.5 Å². The number of benzene rings is 1. The Morgan fingerprint density at radius 1 is 1.29 bits per heavy atom. The first kappa shape index (κ1) is 22.9. The Kier molecular flexibility index (Phi) is 5.67. The molecular weight excluding hydrogens is 507 g/mol. The summed E-state index contributed by atoms with van der Waals surface area (Å²) in [6.45, 7) is 0. The number of aromatic nitrogens is 4. The average molecular weight is 531 g/mol. The van der Waals surface area contributed by atoms with E-state index in [0.29, 0.717) is 18.7 Å². The largest absolute Gasteiger partial charge is 0.383 e. The van der Waals surface area contributed by atoms with Crippen molar-refractivity contribution in [2.24, 2.45) is 5.92 Å². The molecule has 9 nitrogen and oxygen atoms in total. The van der Waals surface area contributed by atoms with E-state index < -0.39 is 23.8 Å². The molecule has 0 aliphatic heterocycles. The minimum absolute atomic E-state index is 0.00300. The van der Waals surface area contributed by atoms with Crippen LogP contribution in [0.1, 0.15) is 24.6 Å². The fourth-order valence-corrected chi connectivity index (χ4v) is 5.46. The third kappa shape index (κ3) is 3.59. The van der Waals surface area contributed by atoms with Gasteiger partial charge < -0.3 is 31.0 Å². The number of aliphatic hydroxyl groups is 2. The molecule has 0 saturated heterocycles. The topological polar surface area (TPSA) is 145 Å². The van der Waals surface area contributed by atoms with Gasteiger partial charge in [0, 0.05) is 18.7 Å². The quantitative estimate of drug-likeness (QED) is 0.308. The van der Waals surface area contributed by atoms with E-state index in [1.807, 2.05) is 24.3 Å². The van der Waals surface area contributed by atoms with E-state index in [9.17, 15) is 14.6 Å². The molecule has 1 aliphatic carbocycles. The van der Waals surface area contributed by atoms with Gasteiger partial charge >= 0.3 is 0 Å². The number of nitrogens with zero attached hydrogens (tertiary/aromatic N) is 4. The standard InChI is InChI=1S/C23H24BrFN6O3/c1-34-18-13(6-11-2-3-12-8-14(24)19(26)30-16(12)7-11)4-5-23(18,33)22(32)31-9-15(25)17-20(27)28-10-29-21(17)31/h2-3,7-10,13,18,22,32-33H,4-6H2,1H3,(H2,26,30)(H2,27,28,29)/t13-,18+,22+,23+/m0/s1. The maximum Gasteiger partial charge on any atom is 0.163 e. The van der Waals surface area contributed by atoms with E-state index in [1.54, 1.807) is 0 Å². The number of hydrogen-bond donors (Lipinski definition) is 4. The monoisotopic (exact) mass is 530 g/mol. The molecule has 3 aromatic heterocycles. The summed E-state index contributed by atoms with van der Waals surface area (Å²) in [6, 6.07) is 7.86. The van der Waals surface area contributed by atoms with E-state index in [4.69, 9.17) is 16.2 Å². The zero-order valence-electron chi connectivity index (χ0n) is 18.3. The minimum atomic E-state index is -1.66. The first-order valence-corrected chi connectivity index (χ1v) is 11.6. The number of rotatable bonds is 5. The summed E-state index contributed by atoms with van der Waals surface area (Å²) in [5, 5.41) is 23.7. The molecule has 0 radical (unpaired) electrons. The Morgan fingerprint density at radius 2 is 2.09 bits per heavy atom. The normalized spacial score (nSPS) is 23.7. The van der Waals surface area contributed by atoms with Crippen LogP contribution in [0.4, 0.5) is 16.0 Å². The molecule has 11 heteroatoms. The van der Waals surface area contributed by atoms with Crippen LogP contribution >= 0.6 is 15.9 Å². The van der Waals surface area contributed by atoms with Crippen LogP contribution in [0.25, 0.3) is 21.9 Å². The minimum Gasteiger partial charge on any atom is -0.383 e. The molecule has 0 amide bonds. The number of halogens is 2. The summed E-state index contributed by atoms with van der Waals surface area (Å²) in [6.07, 6.45) is 1.51. The highest BCUT2D eigenvalue weighted by Crippen LogP contribution is 2.45.